The van der Waals surface area contributed by atoms with Crippen molar-refractivity contribution in [3.63, 3.8) is 0 Å². The van der Waals surface area contributed by atoms with Crippen LogP contribution in [0.3, 0.4) is 0 Å². The molecule has 1 saturated heterocycles. The number of nitrogens with one attached hydrogen (secondary N) is 3. The lowest BCUT2D eigenvalue weighted by Crippen LogP contribution is -2.20. The number of aromatic nitrogens is 7. The first kappa shape index (κ1) is 27.1. The number of rotatable bonds is 9. The average molecular weight is 577 g/mol. The van der Waals surface area contributed by atoms with E-state index in [4.69, 9.17) is 4.98 Å². The van der Waals surface area contributed by atoms with Crippen LogP contribution in [0.25, 0.3) is 56.0 Å². The summed E-state index contributed by atoms with van der Waals surface area (Å²) in [6, 6.07) is 11.0. The summed E-state index contributed by atoms with van der Waals surface area (Å²) in [5.41, 5.74) is 7.92. The van der Waals surface area contributed by atoms with Crippen molar-refractivity contribution in [3.05, 3.63) is 72.6 Å². The normalized spacial score (nSPS) is 14.0. The van der Waals surface area contributed by atoms with Crippen LogP contribution in [0.5, 0.6) is 0 Å². The van der Waals surface area contributed by atoms with Gasteiger partial charge in [0.05, 0.1) is 22.9 Å². The number of halogens is 1. The van der Waals surface area contributed by atoms with E-state index in [1.807, 2.05) is 44.7 Å². The number of pyridine rings is 3. The SMILES string of the molecule is CN(C)CCNc1cc(F)cc(-c2ccnc3nc(-c4n[nH]c5cnc(-c6cncc(CN7CCCC7)c6)cc45)[nH]c23)c1. The van der Waals surface area contributed by atoms with Crippen molar-refractivity contribution in [1.29, 1.82) is 0 Å². The molecular weight excluding hydrogens is 543 g/mol. The Labute approximate surface area is 248 Å². The van der Waals surface area contributed by atoms with Gasteiger partial charge in [-0.15, -0.1) is 0 Å². The van der Waals surface area contributed by atoms with Gasteiger partial charge in [-0.3, -0.25) is 20.0 Å². The lowest BCUT2D eigenvalue weighted by molar-refractivity contribution is 0.331. The van der Waals surface area contributed by atoms with Crippen LogP contribution in [0.1, 0.15) is 18.4 Å². The van der Waals surface area contributed by atoms with Gasteiger partial charge < -0.3 is 15.2 Å². The van der Waals surface area contributed by atoms with Gasteiger partial charge in [0.25, 0.3) is 0 Å². The minimum absolute atomic E-state index is 0.313. The summed E-state index contributed by atoms with van der Waals surface area (Å²) in [5.74, 6) is 0.256. The van der Waals surface area contributed by atoms with Gasteiger partial charge in [-0.25, -0.2) is 14.4 Å². The predicted octanol–water partition coefficient (Wildman–Crippen LogP) is 5.33. The lowest BCUT2D eigenvalue weighted by Gasteiger charge is -2.14. The molecule has 10 nitrogen and oxygen atoms in total. The standard InChI is InChI=1S/C32H33FN10/c1-42(2)10-7-35-24-13-21(12-23(33)14-24)25-5-6-36-31-29(25)38-32(39-31)30-26-15-27(37-18-28(26)40-41-30)22-11-20(16-34-17-22)19-43-8-3-4-9-43/h5-6,11-18,35H,3-4,7-10,19H2,1-2H3,(H,40,41)(H,36,38,39). The number of hydrogen-bond donors (Lipinski definition) is 3. The first-order valence-corrected chi connectivity index (χ1v) is 14.6. The van der Waals surface area contributed by atoms with Gasteiger partial charge in [-0.1, -0.05) is 0 Å². The molecule has 1 aliphatic rings. The first-order valence-electron chi connectivity index (χ1n) is 14.6. The molecule has 1 aromatic carbocycles. The highest BCUT2D eigenvalue weighted by Gasteiger charge is 2.18. The van der Waals surface area contributed by atoms with Crippen LogP contribution in [-0.4, -0.2) is 85.2 Å². The van der Waals surface area contributed by atoms with Crippen LogP contribution in [0.15, 0.2) is 61.2 Å². The van der Waals surface area contributed by atoms with Crippen molar-refractivity contribution >= 4 is 27.8 Å². The van der Waals surface area contributed by atoms with E-state index in [9.17, 15) is 4.39 Å². The molecule has 0 unspecified atom stereocenters. The Morgan fingerprint density at radius 3 is 2.74 bits per heavy atom. The van der Waals surface area contributed by atoms with Gasteiger partial charge in [0, 0.05) is 60.4 Å². The third-order valence-corrected chi connectivity index (χ3v) is 7.86. The number of likely N-dealkylation sites (tertiary alicyclic amines) is 1. The molecule has 43 heavy (non-hydrogen) atoms. The van der Waals surface area contributed by atoms with Crippen LogP contribution in [-0.2, 0) is 6.54 Å². The van der Waals surface area contributed by atoms with Crippen molar-refractivity contribution in [2.45, 2.75) is 19.4 Å². The van der Waals surface area contributed by atoms with E-state index in [1.165, 1.54) is 30.5 Å². The van der Waals surface area contributed by atoms with Gasteiger partial charge in [0.1, 0.15) is 11.5 Å². The number of nitrogens with zero attached hydrogens (tertiary/aromatic N) is 7. The Hall–Kier alpha value is -4.74. The van der Waals surface area contributed by atoms with E-state index in [2.05, 4.69) is 51.3 Å². The summed E-state index contributed by atoms with van der Waals surface area (Å²) >= 11 is 0. The van der Waals surface area contributed by atoms with Gasteiger partial charge in [-0.2, -0.15) is 5.10 Å². The first-order chi connectivity index (χ1) is 21.0. The fraction of sp³-hybridized carbons (Fsp3) is 0.281. The molecule has 6 heterocycles. The molecule has 0 aliphatic carbocycles. The topological polar surface area (TPSA) is 115 Å². The number of fused-ring (bicyclic) bond motifs is 2. The Bertz CT molecular complexity index is 1900. The second-order valence-electron chi connectivity index (χ2n) is 11.4. The van der Waals surface area contributed by atoms with Crippen LogP contribution in [0.4, 0.5) is 10.1 Å². The molecule has 0 amide bonds. The van der Waals surface area contributed by atoms with Gasteiger partial charge in [0.15, 0.2) is 11.5 Å². The predicted molar refractivity (Wildman–Crippen MR) is 167 cm³/mol. The second-order valence-corrected chi connectivity index (χ2v) is 11.4. The van der Waals surface area contributed by atoms with Gasteiger partial charge in [-0.05, 0) is 87.6 Å². The Morgan fingerprint density at radius 2 is 1.88 bits per heavy atom. The number of likely N-dealkylation sites (N-methyl/N-ethyl adjacent to an activating group) is 1. The van der Waals surface area contributed by atoms with Crippen LogP contribution < -0.4 is 5.32 Å². The zero-order valence-corrected chi connectivity index (χ0v) is 24.2. The van der Waals surface area contributed by atoms with Crippen molar-refractivity contribution in [3.8, 4) is 33.9 Å². The number of aromatic amines is 2. The third kappa shape index (κ3) is 5.69. The summed E-state index contributed by atoms with van der Waals surface area (Å²) in [7, 11) is 4.01. The zero-order valence-electron chi connectivity index (χ0n) is 24.2. The van der Waals surface area contributed by atoms with Crippen molar-refractivity contribution < 1.29 is 4.39 Å². The smallest absolute Gasteiger partial charge is 0.178 e. The van der Waals surface area contributed by atoms with Crippen LogP contribution in [0, 0.1) is 5.82 Å². The van der Waals surface area contributed by atoms with Crippen molar-refractivity contribution in [1.82, 2.24) is 44.9 Å². The van der Waals surface area contributed by atoms with E-state index in [0.29, 0.717) is 29.2 Å². The fourth-order valence-electron chi connectivity index (χ4n) is 5.70. The molecule has 6 aromatic rings. The van der Waals surface area contributed by atoms with Gasteiger partial charge in [0.2, 0.25) is 0 Å². The van der Waals surface area contributed by atoms with Crippen molar-refractivity contribution in [2.24, 2.45) is 0 Å². The highest BCUT2D eigenvalue weighted by molar-refractivity contribution is 5.97. The van der Waals surface area contributed by atoms with Crippen LogP contribution in [0.2, 0.25) is 0 Å². The van der Waals surface area contributed by atoms with E-state index in [0.717, 1.165) is 65.2 Å². The summed E-state index contributed by atoms with van der Waals surface area (Å²) in [4.78, 5) is 26.4. The maximum Gasteiger partial charge on any atom is 0.178 e. The van der Waals surface area contributed by atoms with E-state index in [-0.39, 0.29) is 5.82 Å². The molecule has 7 rings (SSSR count). The molecule has 5 aromatic heterocycles. The number of anilines is 1. The second kappa shape index (κ2) is 11.5. The number of imidazole rings is 1. The number of H-pyrrole nitrogens is 2. The number of hydrogen-bond acceptors (Lipinski definition) is 8. The molecule has 1 aliphatic heterocycles. The molecule has 0 atom stereocenters. The zero-order chi connectivity index (χ0) is 29.3. The third-order valence-electron chi connectivity index (χ3n) is 7.86. The summed E-state index contributed by atoms with van der Waals surface area (Å²) in [5, 5.41) is 11.9. The molecule has 11 heteroatoms. The van der Waals surface area contributed by atoms with E-state index in [1.54, 1.807) is 12.4 Å². The summed E-state index contributed by atoms with van der Waals surface area (Å²) in [6.07, 6.45) is 9.78. The molecule has 0 bridgehead atoms. The largest absolute Gasteiger partial charge is 0.384 e. The molecule has 0 spiro atoms. The maximum atomic E-state index is 14.7. The average Bonchev–Trinajstić information content (AvgIpc) is 3.76. The molecule has 0 saturated carbocycles. The van der Waals surface area contributed by atoms with Gasteiger partial charge >= 0.3 is 0 Å². The highest BCUT2D eigenvalue weighted by atomic mass is 19.1. The Morgan fingerprint density at radius 1 is 1.00 bits per heavy atom. The minimum Gasteiger partial charge on any atom is -0.384 e. The van der Waals surface area contributed by atoms with E-state index >= 15 is 0 Å². The molecule has 3 N–H and O–H groups in total. The number of benzene rings is 1. The highest BCUT2D eigenvalue weighted by Crippen LogP contribution is 2.33. The molecular formula is C32H33FN10. The minimum atomic E-state index is -0.313. The lowest BCUT2D eigenvalue weighted by atomic mass is 10.0. The molecule has 0 radical (unpaired) electrons. The summed E-state index contributed by atoms with van der Waals surface area (Å²) in [6.45, 7) is 4.71. The Kier molecular flexibility index (Phi) is 7.25. The fourth-order valence-corrected chi connectivity index (χ4v) is 5.70. The quantitative estimate of drug-likeness (QED) is 0.212. The van der Waals surface area contributed by atoms with E-state index < -0.39 is 0 Å². The Balaban J connectivity index is 1.22. The monoisotopic (exact) mass is 576 g/mol. The van der Waals surface area contributed by atoms with Crippen molar-refractivity contribution in [2.75, 3.05) is 45.6 Å². The maximum absolute atomic E-state index is 14.7. The molecule has 1 fully saturated rings. The van der Waals surface area contributed by atoms with Crippen LogP contribution >= 0.6 is 0 Å². The molecule has 218 valence electrons. The summed E-state index contributed by atoms with van der Waals surface area (Å²) < 4.78 is 14.7.